The molecule has 94 valence electrons. The minimum atomic E-state index is 0.759. The van der Waals surface area contributed by atoms with Gasteiger partial charge in [-0.1, -0.05) is 0 Å². The molecule has 2 rings (SSSR count). The molecule has 4 heteroatoms. The molecule has 18 heavy (non-hydrogen) atoms. The minimum Gasteiger partial charge on any atom is -0.396 e. The van der Waals surface area contributed by atoms with Crippen LogP contribution in [0.2, 0.25) is 0 Å². The van der Waals surface area contributed by atoms with Gasteiger partial charge < -0.3 is 10.6 Å². The smallest absolute Gasteiger partial charge is 0.151 e. The fraction of sp³-hybridized carbons (Fsp3) is 0.286. The molecule has 0 atom stereocenters. The van der Waals surface area contributed by atoms with E-state index in [1.807, 2.05) is 44.6 Å². The van der Waals surface area contributed by atoms with Crippen molar-refractivity contribution in [3.63, 3.8) is 0 Å². The highest BCUT2D eigenvalue weighted by molar-refractivity contribution is 5.65. The minimum absolute atomic E-state index is 0.759. The van der Waals surface area contributed by atoms with Gasteiger partial charge in [0, 0.05) is 32.2 Å². The molecule has 4 nitrogen and oxygen atoms in total. The fourth-order valence-electron chi connectivity index (χ4n) is 1.81. The lowest BCUT2D eigenvalue weighted by Gasteiger charge is -2.20. The van der Waals surface area contributed by atoms with E-state index in [4.69, 9.17) is 5.73 Å². The number of rotatable bonds is 4. The Morgan fingerprint density at radius 3 is 2.61 bits per heavy atom. The molecular formula is C14H18N4. The number of aromatic nitrogens is 2. The van der Waals surface area contributed by atoms with Crippen molar-refractivity contribution in [2.45, 2.75) is 13.3 Å². The van der Waals surface area contributed by atoms with E-state index in [-0.39, 0.29) is 0 Å². The van der Waals surface area contributed by atoms with Crippen molar-refractivity contribution in [2.24, 2.45) is 0 Å². The highest BCUT2D eigenvalue weighted by atomic mass is 15.2. The number of nitrogens with two attached hydrogens (primary N) is 1. The summed E-state index contributed by atoms with van der Waals surface area (Å²) in [6, 6.07) is 5.98. The number of likely N-dealkylation sites (N-methyl/N-ethyl adjacent to an activating group) is 1. The third kappa shape index (κ3) is 2.77. The zero-order valence-electron chi connectivity index (χ0n) is 10.8. The van der Waals surface area contributed by atoms with Crippen molar-refractivity contribution in [3.05, 3.63) is 47.9 Å². The Kier molecular flexibility index (Phi) is 3.77. The van der Waals surface area contributed by atoms with Gasteiger partial charge in [0.05, 0.1) is 5.69 Å². The Balaban J connectivity index is 2.04. The van der Waals surface area contributed by atoms with Crippen molar-refractivity contribution < 1.29 is 0 Å². The van der Waals surface area contributed by atoms with Crippen LogP contribution in [-0.2, 0) is 6.42 Å². The summed E-state index contributed by atoms with van der Waals surface area (Å²) in [5.74, 6) is 0.851. The topological polar surface area (TPSA) is 55.0 Å². The predicted octanol–water partition coefficient (Wildman–Crippen LogP) is 2.05. The molecule has 0 aromatic carbocycles. The summed E-state index contributed by atoms with van der Waals surface area (Å²) >= 11 is 0. The molecule has 0 aliphatic carbocycles. The molecule has 0 amide bonds. The van der Waals surface area contributed by atoms with Crippen molar-refractivity contribution >= 4 is 11.5 Å². The van der Waals surface area contributed by atoms with E-state index < -0.39 is 0 Å². The first kappa shape index (κ1) is 12.4. The number of hydrogen-bond acceptors (Lipinski definition) is 4. The van der Waals surface area contributed by atoms with Gasteiger partial charge in [-0.2, -0.15) is 0 Å². The highest BCUT2D eigenvalue weighted by Crippen LogP contribution is 2.22. The van der Waals surface area contributed by atoms with Crippen LogP contribution in [0.4, 0.5) is 11.5 Å². The second-order valence-electron chi connectivity index (χ2n) is 4.39. The number of nitrogens with zero attached hydrogens (tertiary/aromatic N) is 3. The van der Waals surface area contributed by atoms with Gasteiger partial charge >= 0.3 is 0 Å². The summed E-state index contributed by atoms with van der Waals surface area (Å²) in [7, 11) is 2.01. The maximum atomic E-state index is 6.04. The van der Waals surface area contributed by atoms with Crippen molar-refractivity contribution in [2.75, 3.05) is 24.2 Å². The Labute approximate surface area is 107 Å². The van der Waals surface area contributed by atoms with Crippen LogP contribution >= 0.6 is 0 Å². The summed E-state index contributed by atoms with van der Waals surface area (Å²) in [6.07, 6.45) is 6.38. The van der Waals surface area contributed by atoms with Gasteiger partial charge in [-0.15, -0.1) is 0 Å². The fourth-order valence-corrected chi connectivity index (χ4v) is 1.81. The summed E-state index contributed by atoms with van der Waals surface area (Å²) in [5.41, 5.74) is 9.13. The maximum absolute atomic E-state index is 6.04. The van der Waals surface area contributed by atoms with E-state index in [9.17, 15) is 0 Å². The number of hydrogen-bond donors (Lipinski definition) is 1. The van der Waals surface area contributed by atoms with Gasteiger partial charge in [-0.3, -0.25) is 4.98 Å². The zero-order valence-corrected chi connectivity index (χ0v) is 10.8. The molecule has 2 aromatic rings. The quantitative estimate of drug-likeness (QED) is 0.891. The van der Waals surface area contributed by atoms with Gasteiger partial charge in [0.25, 0.3) is 0 Å². The first-order valence-electron chi connectivity index (χ1n) is 5.99. The van der Waals surface area contributed by atoms with Crippen LogP contribution in [0.3, 0.4) is 0 Å². The molecule has 0 unspecified atom stereocenters. The lowest BCUT2D eigenvalue weighted by Crippen LogP contribution is -2.22. The first-order valence-corrected chi connectivity index (χ1v) is 5.99. The lowest BCUT2D eigenvalue weighted by molar-refractivity contribution is 0.859. The second kappa shape index (κ2) is 5.49. The van der Waals surface area contributed by atoms with Crippen molar-refractivity contribution in [1.82, 2.24) is 9.97 Å². The van der Waals surface area contributed by atoms with Gasteiger partial charge in [0.2, 0.25) is 0 Å². The SMILES string of the molecule is Cc1ccnc(N(C)CCc2ccncc2)c1N. The number of nitrogen functional groups attached to an aromatic ring is 1. The van der Waals surface area contributed by atoms with E-state index in [0.29, 0.717) is 0 Å². The molecule has 0 bridgehead atoms. The van der Waals surface area contributed by atoms with E-state index in [1.165, 1.54) is 5.56 Å². The standard InChI is InChI=1S/C14H18N4/c1-11-3-9-17-14(13(11)15)18(2)10-6-12-4-7-16-8-5-12/h3-5,7-9H,6,10,15H2,1-2H3. The highest BCUT2D eigenvalue weighted by Gasteiger charge is 2.08. The Morgan fingerprint density at radius 1 is 1.17 bits per heavy atom. The van der Waals surface area contributed by atoms with E-state index in [0.717, 1.165) is 30.0 Å². The van der Waals surface area contributed by atoms with Gasteiger partial charge in [0.15, 0.2) is 5.82 Å². The molecule has 0 radical (unpaired) electrons. The van der Waals surface area contributed by atoms with Crippen LogP contribution in [0, 0.1) is 6.92 Å². The van der Waals surface area contributed by atoms with Crippen molar-refractivity contribution in [3.8, 4) is 0 Å². The second-order valence-corrected chi connectivity index (χ2v) is 4.39. The van der Waals surface area contributed by atoms with Gasteiger partial charge in [-0.05, 0) is 42.7 Å². The predicted molar refractivity (Wildman–Crippen MR) is 74.6 cm³/mol. The number of aryl methyl sites for hydroxylation is 1. The summed E-state index contributed by atoms with van der Waals surface area (Å²) in [6.45, 7) is 2.88. The monoisotopic (exact) mass is 242 g/mol. The van der Waals surface area contributed by atoms with E-state index in [1.54, 1.807) is 6.20 Å². The molecule has 0 saturated carbocycles. The number of anilines is 2. The number of pyridine rings is 2. The van der Waals surface area contributed by atoms with Crippen LogP contribution in [0.25, 0.3) is 0 Å². The Bertz CT molecular complexity index is 510. The summed E-state index contributed by atoms with van der Waals surface area (Å²) < 4.78 is 0. The average molecular weight is 242 g/mol. The molecule has 0 fully saturated rings. The molecule has 2 N–H and O–H groups in total. The molecular weight excluding hydrogens is 224 g/mol. The summed E-state index contributed by atoms with van der Waals surface area (Å²) in [5, 5.41) is 0. The van der Waals surface area contributed by atoms with Crippen LogP contribution in [0.15, 0.2) is 36.8 Å². The molecule has 2 aromatic heterocycles. The summed E-state index contributed by atoms with van der Waals surface area (Å²) in [4.78, 5) is 10.4. The van der Waals surface area contributed by atoms with Crippen LogP contribution in [0.5, 0.6) is 0 Å². The van der Waals surface area contributed by atoms with Crippen LogP contribution < -0.4 is 10.6 Å². The molecule has 0 spiro atoms. The van der Waals surface area contributed by atoms with Crippen LogP contribution in [-0.4, -0.2) is 23.6 Å². The first-order chi connectivity index (χ1) is 8.68. The Hall–Kier alpha value is -2.10. The molecule has 0 saturated heterocycles. The van der Waals surface area contributed by atoms with Crippen molar-refractivity contribution in [1.29, 1.82) is 0 Å². The molecule has 0 aliphatic heterocycles. The van der Waals surface area contributed by atoms with Gasteiger partial charge in [-0.25, -0.2) is 4.98 Å². The van der Waals surface area contributed by atoms with E-state index in [2.05, 4.69) is 14.9 Å². The third-order valence-electron chi connectivity index (χ3n) is 3.03. The normalized spacial score (nSPS) is 10.3. The van der Waals surface area contributed by atoms with Crippen LogP contribution in [0.1, 0.15) is 11.1 Å². The lowest BCUT2D eigenvalue weighted by atomic mass is 10.2. The van der Waals surface area contributed by atoms with Gasteiger partial charge in [0.1, 0.15) is 0 Å². The molecule has 2 heterocycles. The maximum Gasteiger partial charge on any atom is 0.151 e. The molecule has 0 aliphatic rings. The average Bonchev–Trinajstić information content (AvgIpc) is 2.40. The third-order valence-corrected chi connectivity index (χ3v) is 3.03. The Morgan fingerprint density at radius 2 is 1.89 bits per heavy atom. The van der Waals surface area contributed by atoms with E-state index >= 15 is 0 Å². The largest absolute Gasteiger partial charge is 0.396 e. The zero-order chi connectivity index (χ0) is 13.0.